The second-order valence-corrected chi connectivity index (χ2v) is 3.81. The minimum atomic E-state index is -0.501. The van der Waals surface area contributed by atoms with Crippen LogP contribution >= 0.6 is 0 Å². The maximum atomic E-state index is 10.6. The fourth-order valence-corrected chi connectivity index (χ4v) is 1.57. The second kappa shape index (κ2) is 5.17. The molecule has 7 heteroatoms. The van der Waals surface area contributed by atoms with Crippen molar-refractivity contribution in [1.82, 2.24) is 10.2 Å². The first-order valence-corrected chi connectivity index (χ1v) is 5.43. The molecule has 0 saturated heterocycles. The van der Waals surface area contributed by atoms with Crippen LogP contribution in [0.3, 0.4) is 0 Å². The molecular weight excluding hydrogens is 234 g/mol. The molecule has 0 unspecified atom stereocenters. The summed E-state index contributed by atoms with van der Waals surface area (Å²) in [5, 5.41) is 19.6. The van der Waals surface area contributed by atoms with Crippen LogP contribution in [0, 0.1) is 10.1 Å². The maximum absolute atomic E-state index is 10.6. The number of nitrogens with zero attached hydrogens (tertiary/aromatic N) is 2. The van der Waals surface area contributed by atoms with E-state index in [0.29, 0.717) is 12.2 Å². The van der Waals surface area contributed by atoms with Gasteiger partial charge in [-0.3, -0.25) is 0 Å². The first kappa shape index (κ1) is 11.9. The Morgan fingerprint density at radius 2 is 2.11 bits per heavy atom. The summed E-state index contributed by atoms with van der Waals surface area (Å²) in [6, 6.07) is 7.52. The van der Waals surface area contributed by atoms with Crippen molar-refractivity contribution in [3.05, 3.63) is 46.1 Å². The first-order valence-electron chi connectivity index (χ1n) is 5.43. The van der Waals surface area contributed by atoms with Crippen LogP contribution in [0.5, 0.6) is 0 Å². The number of aromatic nitrogens is 2. The SMILES string of the molecule is Nc1ccc(CCNc2cn[nH]c2[N+](=O)[O-])cc1. The van der Waals surface area contributed by atoms with E-state index in [1.807, 2.05) is 24.3 Å². The molecule has 0 aliphatic rings. The molecular formula is C11H13N5O2. The highest BCUT2D eigenvalue weighted by Gasteiger charge is 2.13. The van der Waals surface area contributed by atoms with Gasteiger partial charge in [0, 0.05) is 12.2 Å². The third kappa shape index (κ3) is 2.76. The Hall–Kier alpha value is -2.57. The van der Waals surface area contributed by atoms with Crippen LogP contribution in [-0.2, 0) is 6.42 Å². The van der Waals surface area contributed by atoms with Crippen LogP contribution < -0.4 is 11.1 Å². The van der Waals surface area contributed by atoms with Crippen molar-refractivity contribution in [1.29, 1.82) is 0 Å². The van der Waals surface area contributed by atoms with Crippen LogP contribution in [0.15, 0.2) is 30.5 Å². The fraction of sp³-hybridized carbons (Fsp3) is 0.182. The predicted molar refractivity (Wildman–Crippen MR) is 68.3 cm³/mol. The van der Waals surface area contributed by atoms with Gasteiger partial charge < -0.3 is 21.2 Å². The molecule has 1 aromatic heterocycles. The zero-order valence-corrected chi connectivity index (χ0v) is 9.59. The number of hydrogen-bond donors (Lipinski definition) is 3. The van der Waals surface area contributed by atoms with Crippen LogP contribution in [0.25, 0.3) is 0 Å². The fourth-order valence-electron chi connectivity index (χ4n) is 1.57. The lowest BCUT2D eigenvalue weighted by Gasteiger charge is -2.04. The first-order chi connectivity index (χ1) is 8.66. The topological polar surface area (TPSA) is 110 Å². The predicted octanol–water partition coefficient (Wildman–Crippen LogP) is 1.55. The Bertz CT molecular complexity index is 535. The van der Waals surface area contributed by atoms with Gasteiger partial charge in [-0.2, -0.15) is 0 Å². The van der Waals surface area contributed by atoms with Crippen LogP contribution in [0.2, 0.25) is 0 Å². The third-order valence-corrected chi connectivity index (χ3v) is 2.51. The highest BCUT2D eigenvalue weighted by Crippen LogP contribution is 2.19. The number of H-pyrrole nitrogens is 1. The molecule has 94 valence electrons. The van der Waals surface area contributed by atoms with Crippen LogP contribution in [0.4, 0.5) is 17.2 Å². The molecule has 0 spiro atoms. The smallest absolute Gasteiger partial charge is 0.366 e. The van der Waals surface area contributed by atoms with Gasteiger partial charge in [-0.25, -0.2) is 0 Å². The van der Waals surface area contributed by atoms with Crippen molar-refractivity contribution in [2.45, 2.75) is 6.42 Å². The molecule has 0 aliphatic heterocycles. The molecule has 18 heavy (non-hydrogen) atoms. The quantitative estimate of drug-likeness (QED) is 0.422. The van der Waals surface area contributed by atoms with E-state index < -0.39 is 4.92 Å². The summed E-state index contributed by atoms with van der Waals surface area (Å²) >= 11 is 0. The van der Waals surface area contributed by atoms with Crippen molar-refractivity contribution in [2.75, 3.05) is 17.6 Å². The van der Waals surface area contributed by atoms with Crippen molar-refractivity contribution in [3.8, 4) is 0 Å². The van der Waals surface area contributed by atoms with Gasteiger partial charge in [-0.05, 0) is 29.0 Å². The van der Waals surface area contributed by atoms with Gasteiger partial charge in [0.25, 0.3) is 0 Å². The summed E-state index contributed by atoms with van der Waals surface area (Å²) in [4.78, 5) is 10.1. The molecule has 0 saturated carbocycles. The van der Waals surface area contributed by atoms with Crippen molar-refractivity contribution < 1.29 is 4.92 Å². The number of nitrogens with one attached hydrogen (secondary N) is 2. The Balaban J connectivity index is 1.90. The van der Waals surface area contributed by atoms with E-state index in [1.54, 1.807) is 0 Å². The Kier molecular flexibility index (Phi) is 3.42. The number of nitro groups is 1. The van der Waals surface area contributed by atoms with E-state index in [4.69, 9.17) is 5.73 Å². The Morgan fingerprint density at radius 1 is 1.39 bits per heavy atom. The highest BCUT2D eigenvalue weighted by atomic mass is 16.6. The molecule has 7 nitrogen and oxygen atoms in total. The van der Waals surface area contributed by atoms with Gasteiger partial charge in [0.2, 0.25) is 0 Å². The Labute approximate surface area is 103 Å². The van der Waals surface area contributed by atoms with Gasteiger partial charge in [0.05, 0.1) is 0 Å². The van der Waals surface area contributed by atoms with Crippen molar-refractivity contribution in [3.63, 3.8) is 0 Å². The van der Waals surface area contributed by atoms with Crippen LogP contribution in [-0.4, -0.2) is 21.7 Å². The largest absolute Gasteiger partial charge is 0.399 e. The summed E-state index contributed by atoms with van der Waals surface area (Å²) in [7, 11) is 0. The number of rotatable bonds is 5. The van der Waals surface area contributed by atoms with E-state index in [0.717, 1.165) is 17.7 Å². The normalized spacial score (nSPS) is 10.2. The lowest BCUT2D eigenvalue weighted by Crippen LogP contribution is -2.06. The Morgan fingerprint density at radius 3 is 2.78 bits per heavy atom. The zero-order chi connectivity index (χ0) is 13.0. The minimum absolute atomic E-state index is 0.118. The lowest BCUT2D eigenvalue weighted by molar-refractivity contribution is -0.388. The van der Waals surface area contributed by atoms with E-state index in [-0.39, 0.29) is 5.82 Å². The lowest BCUT2D eigenvalue weighted by atomic mass is 10.1. The number of nitrogens with two attached hydrogens (primary N) is 1. The highest BCUT2D eigenvalue weighted by molar-refractivity contribution is 5.55. The van der Waals surface area contributed by atoms with Crippen LogP contribution in [0.1, 0.15) is 5.56 Å². The second-order valence-electron chi connectivity index (χ2n) is 3.81. The van der Waals surface area contributed by atoms with E-state index in [2.05, 4.69) is 15.5 Å². The molecule has 2 rings (SSSR count). The minimum Gasteiger partial charge on any atom is -0.399 e. The van der Waals surface area contributed by atoms with E-state index >= 15 is 0 Å². The summed E-state index contributed by atoms with van der Waals surface area (Å²) in [6.07, 6.45) is 2.16. The molecule has 0 atom stereocenters. The molecule has 0 radical (unpaired) electrons. The standard InChI is InChI=1S/C11H13N5O2/c12-9-3-1-8(2-4-9)5-6-13-10-7-14-15-11(10)16(17)18/h1-4,7,13H,5-6,12H2,(H,14,15). The molecule has 0 aliphatic carbocycles. The van der Waals surface area contributed by atoms with Gasteiger partial charge in [0.1, 0.15) is 6.20 Å². The molecule has 1 heterocycles. The number of nitrogen functional groups attached to an aromatic ring is 1. The molecule has 1 aromatic carbocycles. The summed E-state index contributed by atoms with van der Waals surface area (Å²) in [6.45, 7) is 0.588. The molecule has 4 N–H and O–H groups in total. The maximum Gasteiger partial charge on any atom is 0.366 e. The number of benzene rings is 1. The number of hydrogen-bond acceptors (Lipinski definition) is 5. The summed E-state index contributed by atoms with van der Waals surface area (Å²) in [5.41, 5.74) is 7.81. The van der Waals surface area contributed by atoms with Gasteiger partial charge >= 0.3 is 5.82 Å². The summed E-state index contributed by atoms with van der Waals surface area (Å²) < 4.78 is 0. The molecule has 0 bridgehead atoms. The number of aromatic amines is 1. The van der Waals surface area contributed by atoms with Crippen molar-refractivity contribution in [2.24, 2.45) is 0 Å². The third-order valence-electron chi connectivity index (χ3n) is 2.51. The van der Waals surface area contributed by atoms with E-state index in [9.17, 15) is 10.1 Å². The van der Waals surface area contributed by atoms with Gasteiger partial charge in [-0.1, -0.05) is 17.2 Å². The average Bonchev–Trinajstić information content (AvgIpc) is 2.80. The average molecular weight is 247 g/mol. The monoisotopic (exact) mass is 247 g/mol. The molecule has 2 aromatic rings. The molecule has 0 amide bonds. The zero-order valence-electron chi connectivity index (χ0n) is 9.59. The number of anilines is 2. The van der Waals surface area contributed by atoms with E-state index in [1.165, 1.54) is 6.20 Å². The summed E-state index contributed by atoms with van der Waals surface area (Å²) in [5.74, 6) is -0.118. The van der Waals surface area contributed by atoms with Gasteiger partial charge in [-0.15, -0.1) is 5.10 Å². The van der Waals surface area contributed by atoms with Crippen molar-refractivity contribution >= 4 is 17.2 Å². The molecule has 0 fully saturated rings. The van der Waals surface area contributed by atoms with Gasteiger partial charge in [0.15, 0.2) is 5.69 Å².